The summed E-state index contributed by atoms with van der Waals surface area (Å²) in [7, 11) is 0. The van der Waals surface area contributed by atoms with E-state index in [-0.39, 0.29) is 24.1 Å². The lowest BCUT2D eigenvalue weighted by molar-refractivity contribution is -0.121. The fraction of sp³-hybridized carbons (Fsp3) is 0.385. The van der Waals surface area contributed by atoms with Gasteiger partial charge in [-0.15, -0.1) is 0 Å². The van der Waals surface area contributed by atoms with Gasteiger partial charge in [0.2, 0.25) is 5.91 Å². The summed E-state index contributed by atoms with van der Waals surface area (Å²) in [4.78, 5) is 25.3. The molecular weight excluding hydrogens is 232 g/mol. The Bertz CT molecular complexity index is 485. The van der Waals surface area contributed by atoms with E-state index in [4.69, 9.17) is 0 Å². The van der Waals surface area contributed by atoms with Crippen molar-refractivity contribution < 1.29 is 14.7 Å². The van der Waals surface area contributed by atoms with Crippen LogP contribution in [0.5, 0.6) is 5.75 Å². The minimum absolute atomic E-state index is 0.0964. The number of rotatable bonds is 1. The van der Waals surface area contributed by atoms with E-state index in [1.54, 1.807) is 24.0 Å². The van der Waals surface area contributed by atoms with Gasteiger partial charge in [0.25, 0.3) is 5.91 Å². The molecule has 1 aliphatic rings. The number of nitrogens with zero attached hydrogens (tertiary/aromatic N) is 1. The average Bonchev–Trinajstić information content (AvgIpc) is 2.53. The molecule has 5 heteroatoms. The second kappa shape index (κ2) is 5.08. The van der Waals surface area contributed by atoms with Crippen molar-refractivity contribution in [1.29, 1.82) is 0 Å². The fourth-order valence-electron chi connectivity index (χ4n) is 2.04. The lowest BCUT2D eigenvalue weighted by Gasteiger charge is -2.20. The average molecular weight is 248 g/mol. The highest BCUT2D eigenvalue weighted by molar-refractivity contribution is 5.98. The summed E-state index contributed by atoms with van der Waals surface area (Å²) in [5.41, 5.74) is 1.24. The highest BCUT2D eigenvalue weighted by Gasteiger charge is 2.22. The van der Waals surface area contributed by atoms with Crippen LogP contribution in [0, 0.1) is 6.92 Å². The number of hydrogen-bond donors (Lipinski definition) is 2. The number of amides is 2. The Morgan fingerprint density at radius 3 is 2.94 bits per heavy atom. The number of aromatic hydroxyl groups is 1. The molecule has 96 valence electrons. The molecule has 0 unspecified atom stereocenters. The van der Waals surface area contributed by atoms with Gasteiger partial charge in [-0.05, 0) is 37.1 Å². The van der Waals surface area contributed by atoms with E-state index in [2.05, 4.69) is 5.32 Å². The largest absolute Gasteiger partial charge is 0.508 e. The predicted molar refractivity (Wildman–Crippen MR) is 66.4 cm³/mol. The first-order chi connectivity index (χ1) is 8.58. The van der Waals surface area contributed by atoms with Crippen molar-refractivity contribution in [2.45, 2.75) is 13.3 Å². The van der Waals surface area contributed by atoms with Crippen LogP contribution in [0.2, 0.25) is 0 Å². The van der Waals surface area contributed by atoms with Gasteiger partial charge in [0, 0.05) is 18.7 Å². The van der Waals surface area contributed by atoms with E-state index in [1.165, 1.54) is 6.07 Å². The highest BCUT2D eigenvalue weighted by atomic mass is 16.3. The maximum absolute atomic E-state index is 12.3. The minimum atomic E-state index is -0.162. The third kappa shape index (κ3) is 2.61. The highest BCUT2D eigenvalue weighted by Crippen LogP contribution is 2.17. The van der Waals surface area contributed by atoms with Gasteiger partial charge in [0.1, 0.15) is 5.75 Å². The number of benzene rings is 1. The molecule has 0 atom stereocenters. The van der Waals surface area contributed by atoms with Crippen LogP contribution in [0.15, 0.2) is 18.2 Å². The third-order valence-electron chi connectivity index (χ3n) is 2.99. The molecule has 2 N–H and O–H groups in total. The zero-order valence-corrected chi connectivity index (χ0v) is 10.3. The second-order valence-corrected chi connectivity index (χ2v) is 4.43. The first-order valence-electron chi connectivity index (χ1n) is 5.93. The standard InChI is InChI=1S/C13H16N2O3/c1-9-7-10(16)3-4-11(9)13(18)15-6-2-5-14-12(17)8-15/h3-4,7,16H,2,5-6,8H2,1H3,(H,14,17). The molecule has 1 saturated heterocycles. The number of aryl methyl sites for hydroxylation is 1. The van der Waals surface area contributed by atoms with Gasteiger partial charge in [-0.3, -0.25) is 9.59 Å². The fourth-order valence-corrected chi connectivity index (χ4v) is 2.04. The molecule has 1 aromatic rings. The third-order valence-corrected chi connectivity index (χ3v) is 2.99. The van der Waals surface area contributed by atoms with Crippen molar-refractivity contribution in [3.8, 4) is 5.75 Å². The molecule has 5 nitrogen and oxygen atoms in total. The zero-order chi connectivity index (χ0) is 13.1. The number of carbonyl (C=O) groups is 2. The molecule has 0 bridgehead atoms. The predicted octanol–water partition coefficient (Wildman–Crippen LogP) is 0.663. The van der Waals surface area contributed by atoms with E-state index >= 15 is 0 Å². The van der Waals surface area contributed by atoms with Gasteiger partial charge in [-0.1, -0.05) is 0 Å². The molecule has 0 aromatic heterocycles. The van der Waals surface area contributed by atoms with Crippen molar-refractivity contribution in [3.05, 3.63) is 29.3 Å². The van der Waals surface area contributed by atoms with Crippen LogP contribution in [0.1, 0.15) is 22.3 Å². The molecule has 1 aromatic carbocycles. The van der Waals surface area contributed by atoms with Crippen LogP contribution < -0.4 is 5.32 Å². The van der Waals surface area contributed by atoms with Crippen LogP contribution in [0.25, 0.3) is 0 Å². The summed E-state index contributed by atoms with van der Waals surface area (Å²) >= 11 is 0. The number of carbonyl (C=O) groups excluding carboxylic acids is 2. The van der Waals surface area contributed by atoms with Crippen LogP contribution >= 0.6 is 0 Å². The molecule has 0 spiro atoms. The van der Waals surface area contributed by atoms with Crippen molar-refractivity contribution in [2.75, 3.05) is 19.6 Å². The summed E-state index contributed by atoms with van der Waals surface area (Å²) in [6, 6.07) is 4.62. The Morgan fingerprint density at radius 1 is 1.44 bits per heavy atom. The Balaban J connectivity index is 2.21. The Morgan fingerprint density at radius 2 is 2.22 bits per heavy atom. The molecule has 0 aliphatic carbocycles. The normalized spacial score (nSPS) is 16.1. The number of hydrogen-bond acceptors (Lipinski definition) is 3. The van der Waals surface area contributed by atoms with Gasteiger partial charge >= 0.3 is 0 Å². The quantitative estimate of drug-likeness (QED) is 0.767. The molecule has 1 fully saturated rings. The van der Waals surface area contributed by atoms with Gasteiger partial charge < -0.3 is 15.3 Å². The molecule has 2 amide bonds. The maximum atomic E-state index is 12.3. The molecule has 2 rings (SSSR count). The minimum Gasteiger partial charge on any atom is -0.508 e. The Labute approximate surface area is 105 Å². The van der Waals surface area contributed by atoms with Crippen LogP contribution in [0.4, 0.5) is 0 Å². The van der Waals surface area contributed by atoms with Gasteiger partial charge in [0.15, 0.2) is 0 Å². The van der Waals surface area contributed by atoms with Crippen LogP contribution in [-0.2, 0) is 4.79 Å². The van der Waals surface area contributed by atoms with E-state index in [1.807, 2.05) is 0 Å². The lowest BCUT2D eigenvalue weighted by atomic mass is 10.1. The molecule has 1 aliphatic heterocycles. The first kappa shape index (κ1) is 12.4. The zero-order valence-electron chi connectivity index (χ0n) is 10.3. The van der Waals surface area contributed by atoms with Crippen LogP contribution in [0.3, 0.4) is 0 Å². The topological polar surface area (TPSA) is 69.6 Å². The lowest BCUT2D eigenvalue weighted by Crippen LogP contribution is -2.37. The van der Waals surface area contributed by atoms with Crippen molar-refractivity contribution in [1.82, 2.24) is 10.2 Å². The summed E-state index contributed by atoms with van der Waals surface area (Å²) in [6.45, 7) is 3.04. The molecule has 1 heterocycles. The van der Waals surface area contributed by atoms with E-state index in [0.29, 0.717) is 24.2 Å². The molecule has 0 saturated carbocycles. The first-order valence-corrected chi connectivity index (χ1v) is 5.93. The number of nitrogens with one attached hydrogen (secondary N) is 1. The smallest absolute Gasteiger partial charge is 0.254 e. The van der Waals surface area contributed by atoms with E-state index in [9.17, 15) is 14.7 Å². The van der Waals surface area contributed by atoms with Crippen LogP contribution in [-0.4, -0.2) is 41.5 Å². The summed E-state index contributed by atoms with van der Waals surface area (Å²) < 4.78 is 0. The van der Waals surface area contributed by atoms with Crippen molar-refractivity contribution in [2.24, 2.45) is 0 Å². The SMILES string of the molecule is Cc1cc(O)ccc1C(=O)N1CCCNC(=O)C1. The Hall–Kier alpha value is -2.04. The van der Waals surface area contributed by atoms with Crippen molar-refractivity contribution >= 4 is 11.8 Å². The second-order valence-electron chi connectivity index (χ2n) is 4.43. The number of phenols is 1. The molecule has 0 radical (unpaired) electrons. The molecule has 18 heavy (non-hydrogen) atoms. The van der Waals surface area contributed by atoms with E-state index < -0.39 is 0 Å². The summed E-state index contributed by atoms with van der Waals surface area (Å²) in [5.74, 6) is -0.153. The van der Waals surface area contributed by atoms with E-state index in [0.717, 1.165) is 6.42 Å². The maximum Gasteiger partial charge on any atom is 0.254 e. The Kier molecular flexibility index (Phi) is 3.50. The monoisotopic (exact) mass is 248 g/mol. The van der Waals surface area contributed by atoms with Gasteiger partial charge in [0.05, 0.1) is 6.54 Å². The van der Waals surface area contributed by atoms with Crippen molar-refractivity contribution in [3.63, 3.8) is 0 Å². The van der Waals surface area contributed by atoms with Gasteiger partial charge in [-0.25, -0.2) is 0 Å². The summed E-state index contributed by atoms with van der Waals surface area (Å²) in [5, 5.41) is 12.1. The van der Waals surface area contributed by atoms with Gasteiger partial charge in [-0.2, -0.15) is 0 Å². The number of phenolic OH excluding ortho intramolecular Hbond substituents is 1. The molecular formula is C13H16N2O3. The summed E-state index contributed by atoms with van der Waals surface area (Å²) in [6.07, 6.45) is 0.759.